The van der Waals surface area contributed by atoms with Crippen molar-refractivity contribution in [3.05, 3.63) is 69.8 Å². The topological polar surface area (TPSA) is 111 Å². The quantitative estimate of drug-likeness (QED) is 0.288. The van der Waals surface area contributed by atoms with E-state index < -0.39 is 4.92 Å². The van der Waals surface area contributed by atoms with E-state index >= 15 is 0 Å². The van der Waals surface area contributed by atoms with E-state index in [1.807, 2.05) is 0 Å². The molecule has 0 unspecified atom stereocenters. The second-order valence-electron chi connectivity index (χ2n) is 4.20. The lowest BCUT2D eigenvalue weighted by molar-refractivity contribution is -0.385. The Hall–Kier alpha value is -3.09. The van der Waals surface area contributed by atoms with Gasteiger partial charge in [-0.15, -0.1) is 0 Å². The zero-order chi connectivity index (χ0) is 15.2. The summed E-state index contributed by atoms with van der Waals surface area (Å²) in [5.74, 6) is 0.226. The number of nitro benzene ring substituents is 1. The first-order chi connectivity index (χ1) is 10.1. The average molecular weight is 287 g/mol. The van der Waals surface area contributed by atoms with Crippen LogP contribution in [0.5, 0.6) is 5.75 Å². The molecule has 0 atom stereocenters. The van der Waals surface area contributed by atoms with Gasteiger partial charge >= 0.3 is 5.69 Å². The number of para-hydroxylation sites is 2. The highest BCUT2D eigenvalue weighted by Gasteiger charge is 2.13. The maximum atomic E-state index is 10.9. The molecule has 0 heterocycles. The number of nitrogens with zero attached hydrogens (tertiary/aromatic N) is 2. The van der Waals surface area contributed by atoms with E-state index in [2.05, 4.69) is 5.16 Å². The number of nitrogens with two attached hydrogens (primary N) is 1. The minimum absolute atomic E-state index is 0.0150. The highest BCUT2D eigenvalue weighted by atomic mass is 16.6. The Labute approximate surface area is 120 Å². The molecule has 108 valence electrons. The molecular formula is C14H13N3O4. The fourth-order valence-corrected chi connectivity index (χ4v) is 1.72. The van der Waals surface area contributed by atoms with E-state index in [1.165, 1.54) is 6.07 Å². The third-order valence-electron chi connectivity index (χ3n) is 2.81. The van der Waals surface area contributed by atoms with Gasteiger partial charge in [0, 0.05) is 11.6 Å². The largest absolute Gasteiger partial charge is 0.482 e. The van der Waals surface area contributed by atoms with Crippen LogP contribution in [-0.4, -0.2) is 16.0 Å². The molecule has 0 aromatic heterocycles. The molecule has 0 bridgehead atoms. The number of ether oxygens (including phenoxy) is 1. The normalized spacial score (nSPS) is 11.1. The van der Waals surface area contributed by atoms with Gasteiger partial charge in [0.05, 0.1) is 4.92 Å². The number of benzene rings is 2. The first kappa shape index (κ1) is 14.3. The summed E-state index contributed by atoms with van der Waals surface area (Å²) in [6.07, 6.45) is 0. The molecule has 0 saturated carbocycles. The molecule has 21 heavy (non-hydrogen) atoms. The van der Waals surface area contributed by atoms with Crippen LogP contribution in [0.2, 0.25) is 0 Å². The van der Waals surface area contributed by atoms with Crippen LogP contribution in [-0.2, 0) is 6.61 Å². The van der Waals surface area contributed by atoms with E-state index in [4.69, 9.17) is 15.7 Å². The second kappa shape index (κ2) is 6.38. The predicted molar refractivity (Wildman–Crippen MR) is 76.4 cm³/mol. The molecule has 0 aliphatic rings. The Bertz CT molecular complexity index is 668. The molecule has 0 aliphatic carbocycles. The van der Waals surface area contributed by atoms with Gasteiger partial charge in [-0.1, -0.05) is 41.6 Å². The van der Waals surface area contributed by atoms with Crippen LogP contribution >= 0.6 is 0 Å². The molecule has 2 aromatic carbocycles. The van der Waals surface area contributed by atoms with Crippen molar-refractivity contribution in [3.8, 4) is 5.75 Å². The Kier molecular flexibility index (Phi) is 4.35. The summed E-state index contributed by atoms with van der Waals surface area (Å²) in [5.41, 5.74) is 6.76. The molecule has 7 nitrogen and oxygen atoms in total. The van der Waals surface area contributed by atoms with Gasteiger partial charge in [-0.05, 0) is 11.6 Å². The van der Waals surface area contributed by atoms with Gasteiger partial charge in [-0.25, -0.2) is 0 Å². The summed E-state index contributed by atoms with van der Waals surface area (Å²) in [6.45, 7) is 0.182. The maximum Gasteiger partial charge on any atom is 0.310 e. The van der Waals surface area contributed by atoms with Crippen LogP contribution in [0, 0.1) is 10.1 Å². The van der Waals surface area contributed by atoms with Crippen molar-refractivity contribution in [2.24, 2.45) is 10.9 Å². The Morgan fingerprint density at radius 1 is 1.24 bits per heavy atom. The van der Waals surface area contributed by atoms with Crippen molar-refractivity contribution >= 4 is 11.5 Å². The predicted octanol–water partition coefficient (Wildman–Crippen LogP) is 2.27. The third kappa shape index (κ3) is 3.47. The first-order valence-corrected chi connectivity index (χ1v) is 6.05. The smallest absolute Gasteiger partial charge is 0.310 e. The summed E-state index contributed by atoms with van der Waals surface area (Å²) in [4.78, 5) is 10.4. The minimum Gasteiger partial charge on any atom is -0.482 e. The van der Waals surface area contributed by atoms with Crippen molar-refractivity contribution in [1.82, 2.24) is 0 Å². The molecular weight excluding hydrogens is 274 g/mol. The van der Waals surface area contributed by atoms with Gasteiger partial charge in [-0.2, -0.15) is 0 Å². The standard InChI is InChI=1S/C14H13N3O4/c15-14(16-18)11-7-5-10(6-8-11)9-21-13-4-2-1-3-12(13)17(19)20/h1-8,18H,9H2,(H2,15,16). The Morgan fingerprint density at radius 3 is 2.52 bits per heavy atom. The lowest BCUT2D eigenvalue weighted by atomic mass is 10.1. The zero-order valence-corrected chi connectivity index (χ0v) is 11.0. The van der Waals surface area contributed by atoms with Crippen LogP contribution in [0.25, 0.3) is 0 Å². The average Bonchev–Trinajstić information content (AvgIpc) is 2.52. The maximum absolute atomic E-state index is 10.9. The second-order valence-corrected chi connectivity index (χ2v) is 4.20. The molecule has 0 fully saturated rings. The number of nitro groups is 1. The highest BCUT2D eigenvalue weighted by molar-refractivity contribution is 5.96. The first-order valence-electron chi connectivity index (χ1n) is 6.05. The van der Waals surface area contributed by atoms with E-state index in [9.17, 15) is 10.1 Å². The molecule has 2 aromatic rings. The molecule has 0 radical (unpaired) electrons. The molecule has 7 heteroatoms. The van der Waals surface area contributed by atoms with E-state index in [1.54, 1.807) is 42.5 Å². The summed E-state index contributed by atoms with van der Waals surface area (Å²) in [6, 6.07) is 13.0. The van der Waals surface area contributed by atoms with Crippen molar-refractivity contribution < 1.29 is 14.9 Å². The number of hydrogen-bond acceptors (Lipinski definition) is 5. The van der Waals surface area contributed by atoms with Crippen molar-refractivity contribution in [2.45, 2.75) is 6.61 Å². The lowest BCUT2D eigenvalue weighted by Crippen LogP contribution is -2.12. The van der Waals surface area contributed by atoms with E-state index in [-0.39, 0.29) is 23.9 Å². The number of rotatable bonds is 5. The highest BCUT2D eigenvalue weighted by Crippen LogP contribution is 2.26. The van der Waals surface area contributed by atoms with Gasteiger partial charge in [0.2, 0.25) is 0 Å². The number of hydrogen-bond donors (Lipinski definition) is 2. The van der Waals surface area contributed by atoms with Crippen LogP contribution < -0.4 is 10.5 Å². The summed E-state index contributed by atoms with van der Waals surface area (Å²) < 4.78 is 5.46. The van der Waals surface area contributed by atoms with Crippen molar-refractivity contribution in [1.29, 1.82) is 0 Å². The molecule has 2 rings (SSSR count). The van der Waals surface area contributed by atoms with Gasteiger partial charge < -0.3 is 15.7 Å². The number of oxime groups is 1. The van der Waals surface area contributed by atoms with E-state index in [0.29, 0.717) is 5.56 Å². The van der Waals surface area contributed by atoms with Crippen LogP contribution in [0.15, 0.2) is 53.7 Å². The Balaban J connectivity index is 2.09. The van der Waals surface area contributed by atoms with Crippen molar-refractivity contribution in [2.75, 3.05) is 0 Å². The van der Waals surface area contributed by atoms with Crippen LogP contribution in [0.1, 0.15) is 11.1 Å². The van der Waals surface area contributed by atoms with Crippen LogP contribution in [0.3, 0.4) is 0 Å². The van der Waals surface area contributed by atoms with Gasteiger partial charge in [0.15, 0.2) is 11.6 Å². The molecule has 0 saturated heterocycles. The summed E-state index contributed by atoms with van der Waals surface area (Å²) in [7, 11) is 0. The van der Waals surface area contributed by atoms with Crippen molar-refractivity contribution in [3.63, 3.8) is 0 Å². The monoisotopic (exact) mass is 287 g/mol. The molecule has 0 amide bonds. The zero-order valence-electron chi connectivity index (χ0n) is 11.0. The fraction of sp³-hybridized carbons (Fsp3) is 0.0714. The third-order valence-corrected chi connectivity index (χ3v) is 2.81. The van der Waals surface area contributed by atoms with Gasteiger partial charge in [0.25, 0.3) is 0 Å². The van der Waals surface area contributed by atoms with Crippen LogP contribution in [0.4, 0.5) is 5.69 Å². The molecule has 0 aliphatic heterocycles. The molecule has 3 N–H and O–H groups in total. The minimum atomic E-state index is -0.489. The molecule has 0 spiro atoms. The lowest BCUT2D eigenvalue weighted by Gasteiger charge is -2.07. The Morgan fingerprint density at radius 2 is 1.90 bits per heavy atom. The van der Waals surface area contributed by atoms with E-state index in [0.717, 1.165) is 5.56 Å². The number of amidine groups is 1. The van der Waals surface area contributed by atoms with Gasteiger partial charge in [0.1, 0.15) is 6.61 Å². The summed E-state index contributed by atoms with van der Waals surface area (Å²) >= 11 is 0. The fourth-order valence-electron chi connectivity index (χ4n) is 1.72. The van der Waals surface area contributed by atoms with Gasteiger partial charge in [-0.3, -0.25) is 10.1 Å². The SMILES string of the molecule is N/C(=N\O)c1ccc(COc2ccccc2[N+](=O)[O-])cc1. The summed E-state index contributed by atoms with van der Waals surface area (Å²) in [5, 5.41) is 22.3.